The van der Waals surface area contributed by atoms with Crippen molar-refractivity contribution in [3.63, 3.8) is 0 Å². The number of nitrogens with one attached hydrogen (secondary N) is 1. The minimum atomic E-state index is -0.750. The first-order chi connectivity index (χ1) is 8.24. The van der Waals surface area contributed by atoms with Crippen LogP contribution in [0.1, 0.15) is 17.9 Å². The summed E-state index contributed by atoms with van der Waals surface area (Å²) in [7, 11) is 1.66. The third-order valence-corrected chi connectivity index (χ3v) is 3.19. The monoisotopic (exact) mass is 241 g/mol. The van der Waals surface area contributed by atoms with Crippen molar-refractivity contribution < 1.29 is 13.5 Å². The zero-order valence-corrected chi connectivity index (χ0v) is 9.88. The van der Waals surface area contributed by atoms with Gasteiger partial charge in [0.15, 0.2) is 11.6 Å². The highest BCUT2D eigenvalue weighted by atomic mass is 19.2. The van der Waals surface area contributed by atoms with Gasteiger partial charge < -0.3 is 10.1 Å². The number of halogens is 2. The van der Waals surface area contributed by atoms with Crippen LogP contribution in [0.5, 0.6) is 0 Å². The van der Waals surface area contributed by atoms with Crippen LogP contribution in [0.25, 0.3) is 0 Å². The molecule has 0 amide bonds. The zero-order chi connectivity index (χ0) is 12.3. The van der Waals surface area contributed by atoms with Crippen LogP contribution in [0, 0.1) is 17.6 Å². The summed E-state index contributed by atoms with van der Waals surface area (Å²) in [4.78, 5) is 0. The lowest BCUT2D eigenvalue weighted by molar-refractivity contribution is 0.199. The molecule has 1 aromatic carbocycles. The number of hydrogen-bond donors (Lipinski definition) is 1. The van der Waals surface area contributed by atoms with Crippen molar-refractivity contribution in [2.45, 2.75) is 12.3 Å². The molecular formula is C13H17F2NO. The van der Waals surface area contributed by atoms with Crippen LogP contribution in [-0.4, -0.2) is 26.8 Å². The molecule has 1 aromatic rings. The SMILES string of the molecule is COCCNCC1CC1c1cccc(F)c1F. The van der Waals surface area contributed by atoms with E-state index in [1.54, 1.807) is 19.2 Å². The van der Waals surface area contributed by atoms with Gasteiger partial charge in [-0.3, -0.25) is 0 Å². The summed E-state index contributed by atoms with van der Waals surface area (Å²) in [5.41, 5.74) is 0.517. The van der Waals surface area contributed by atoms with E-state index in [4.69, 9.17) is 4.74 Å². The van der Waals surface area contributed by atoms with Crippen LogP contribution >= 0.6 is 0 Å². The summed E-state index contributed by atoms with van der Waals surface area (Å²) in [5, 5.41) is 3.24. The lowest BCUT2D eigenvalue weighted by Gasteiger charge is -2.05. The molecule has 1 aliphatic rings. The molecule has 0 bridgehead atoms. The Labute approximate surface area is 100.0 Å². The van der Waals surface area contributed by atoms with Crippen LogP contribution in [0.4, 0.5) is 8.78 Å². The Morgan fingerprint density at radius 3 is 3.00 bits per heavy atom. The standard InChI is InChI=1S/C13H17F2NO/c1-17-6-5-16-8-9-7-11(9)10-3-2-4-12(14)13(10)15/h2-4,9,11,16H,5-8H2,1H3. The Hall–Kier alpha value is -1.00. The Balaban J connectivity index is 1.83. The fourth-order valence-corrected chi connectivity index (χ4v) is 2.12. The first kappa shape index (κ1) is 12.5. The molecular weight excluding hydrogens is 224 g/mol. The minimum absolute atomic E-state index is 0.167. The summed E-state index contributed by atoms with van der Waals surface area (Å²) < 4.78 is 31.5. The number of methoxy groups -OCH3 is 1. The van der Waals surface area contributed by atoms with Crippen LogP contribution in [0.3, 0.4) is 0 Å². The van der Waals surface area contributed by atoms with Gasteiger partial charge >= 0.3 is 0 Å². The Morgan fingerprint density at radius 1 is 1.41 bits per heavy atom. The summed E-state index contributed by atoms with van der Waals surface area (Å²) in [6.07, 6.45) is 0.931. The molecule has 1 N–H and O–H groups in total. The minimum Gasteiger partial charge on any atom is -0.383 e. The highest BCUT2D eigenvalue weighted by molar-refractivity contribution is 5.28. The van der Waals surface area contributed by atoms with Crippen molar-refractivity contribution in [3.05, 3.63) is 35.4 Å². The second-order valence-corrected chi connectivity index (χ2v) is 4.44. The van der Waals surface area contributed by atoms with E-state index >= 15 is 0 Å². The summed E-state index contributed by atoms with van der Waals surface area (Å²) in [6, 6.07) is 4.41. The molecule has 1 aliphatic carbocycles. The number of hydrogen-bond acceptors (Lipinski definition) is 2. The molecule has 1 saturated carbocycles. The fourth-order valence-electron chi connectivity index (χ4n) is 2.12. The average Bonchev–Trinajstić information content (AvgIpc) is 3.08. The van der Waals surface area contributed by atoms with E-state index in [0.29, 0.717) is 18.1 Å². The van der Waals surface area contributed by atoms with Gasteiger partial charge in [-0.1, -0.05) is 12.1 Å². The van der Waals surface area contributed by atoms with E-state index in [2.05, 4.69) is 5.32 Å². The number of rotatable bonds is 6. The zero-order valence-electron chi connectivity index (χ0n) is 9.88. The molecule has 2 unspecified atom stereocenters. The van der Waals surface area contributed by atoms with E-state index in [1.807, 2.05) is 0 Å². The third kappa shape index (κ3) is 3.01. The number of ether oxygens (including phenoxy) is 1. The first-order valence-electron chi connectivity index (χ1n) is 5.87. The lowest BCUT2D eigenvalue weighted by Crippen LogP contribution is -2.21. The molecule has 17 heavy (non-hydrogen) atoms. The smallest absolute Gasteiger partial charge is 0.162 e. The van der Waals surface area contributed by atoms with Crippen molar-refractivity contribution in [2.24, 2.45) is 5.92 Å². The van der Waals surface area contributed by atoms with Gasteiger partial charge in [0.05, 0.1) is 6.61 Å². The predicted molar refractivity (Wildman–Crippen MR) is 62.0 cm³/mol. The highest BCUT2D eigenvalue weighted by Crippen LogP contribution is 2.47. The van der Waals surface area contributed by atoms with Gasteiger partial charge in [0.2, 0.25) is 0 Å². The van der Waals surface area contributed by atoms with Crippen LogP contribution in [0.2, 0.25) is 0 Å². The van der Waals surface area contributed by atoms with Crippen molar-refractivity contribution in [1.29, 1.82) is 0 Å². The Morgan fingerprint density at radius 2 is 2.24 bits per heavy atom. The summed E-state index contributed by atoms with van der Waals surface area (Å²) in [6.45, 7) is 2.31. The largest absolute Gasteiger partial charge is 0.383 e. The Bertz CT molecular complexity index is 384. The predicted octanol–water partition coefficient (Wildman–Crippen LogP) is 2.30. The Kier molecular flexibility index (Phi) is 4.07. The maximum absolute atomic E-state index is 13.5. The van der Waals surface area contributed by atoms with Gasteiger partial charge in [0, 0.05) is 13.7 Å². The number of benzene rings is 1. The topological polar surface area (TPSA) is 21.3 Å². The van der Waals surface area contributed by atoms with Gasteiger partial charge in [-0.15, -0.1) is 0 Å². The third-order valence-electron chi connectivity index (χ3n) is 3.19. The second-order valence-electron chi connectivity index (χ2n) is 4.44. The molecule has 0 heterocycles. The van der Waals surface area contributed by atoms with Crippen molar-refractivity contribution in [1.82, 2.24) is 5.32 Å². The van der Waals surface area contributed by atoms with Crippen molar-refractivity contribution in [3.8, 4) is 0 Å². The molecule has 1 fully saturated rings. The van der Waals surface area contributed by atoms with Crippen molar-refractivity contribution >= 4 is 0 Å². The molecule has 0 aromatic heterocycles. The van der Waals surface area contributed by atoms with Crippen LogP contribution in [-0.2, 0) is 4.74 Å². The van der Waals surface area contributed by atoms with Crippen LogP contribution in [0.15, 0.2) is 18.2 Å². The van der Waals surface area contributed by atoms with E-state index < -0.39 is 11.6 Å². The van der Waals surface area contributed by atoms with E-state index in [9.17, 15) is 8.78 Å². The molecule has 94 valence electrons. The normalized spacial score (nSPS) is 22.8. The van der Waals surface area contributed by atoms with Gasteiger partial charge in [-0.2, -0.15) is 0 Å². The van der Waals surface area contributed by atoms with E-state index in [0.717, 1.165) is 25.6 Å². The van der Waals surface area contributed by atoms with Crippen molar-refractivity contribution in [2.75, 3.05) is 26.8 Å². The molecule has 2 nitrogen and oxygen atoms in total. The summed E-state index contributed by atoms with van der Waals surface area (Å²) >= 11 is 0. The van der Waals surface area contributed by atoms with Gasteiger partial charge in [-0.25, -0.2) is 8.78 Å². The molecule has 4 heteroatoms. The van der Waals surface area contributed by atoms with Gasteiger partial charge in [-0.05, 0) is 36.4 Å². The van der Waals surface area contributed by atoms with Crippen LogP contribution < -0.4 is 5.32 Å². The van der Waals surface area contributed by atoms with Gasteiger partial charge in [0.25, 0.3) is 0 Å². The maximum Gasteiger partial charge on any atom is 0.162 e. The van der Waals surface area contributed by atoms with E-state index in [1.165, 1.54) is 0 Å². The molecule has 0 radical (unpaired) electrons. The maximum atomic E-state index is 13.5. The average molecular weight is 241 g/mol. The molecule has 0 saturated heterocycles. The fraction of sp³-hybridized carbons (Fsp3) is 0.538. The lowest BCUT2D eigenvalue weighted by atomic mass is 10.1. The first-order valence-corrected chi connectivity index (χ1v) is 5.87. The molecule has 2 rings (SSSR count). The molecule has 0 spiro atoms. The second kappa shape index (κ2) is 5.56. The molecule has 2 atom stereocenters. The quantitative estimate of drug-likeness (QED) is 0.772. The highest BCUT2D eigenvalue weighted by Gasteiger charge is 2.39. The van der Waals surface area contributed by atoms with Gasteiger partial charge in [0.1, 0.15) is 0 Å². The summed E-state index contributed by atoms with van der Waals surface area (Å²) in [5.74, 6) is -0.846. The van der Waals surface area contributed by atoms with E-state index in [-0.39, 0.29) is 5.92 Å². The molecule has 0 aliphatic heterocycles.